The molecule has 40 valence electrons. The Morgan fingerprint density at radius 1 is 0.571 bits per heavy atom. The van der Waals surface area contributed by atoms with Crippen LogP contribution in [0.25, 0.3) is 0 Å². The summed E-state index contributed by atoms with van der Waals surface area (Å²) in [7, 11) is 0. The maximum atomic E-state index is 0. The Kier molecular flexibility index (Phi) is 4700. The molecule has 0 aromatic heterocycles. The van der Waals surface area contributed by atoms with E-state index in [1.54, 1.807) is 0 Å². The van der Waals surface area contributed by atoms with Gasteiger partial charge >= 0.3 is 49.3 Å². The van der Waals surface area contributed by atoms with Gasteiger partial charge < -0.3 is 27.4 Å². The largest absolute Gasteiger partial charge is 4.00 e. The Hall–Kier alpha value is 1.45. The third kappa shape index (κ3) is 105. The van der Waals surface area contributed by atoms with Gasteiger partial charge in [0.2, 0.25) is 0 Å². The predicted molar refractivity (Wildman–Crippen MR) is 15.0 cm³/mol. The van der Waals surface area contributed by atoms with Crippen molar-refractivity contribution in [2.75, 3.05) is 0 Å². The van der Waals surface area contributed by atoms with Crippen LogP contribution in [0.3, 0.4) is 0 Å². The molecule has 0 rings (SSSR count). The molecular weight excluding hydrogens is 196 g/mol. The monoisotopic (exact) mass is 198 g/mol. The van der Waals surface area contributed by atoms with Crippen LogP contribution in [0.15, 0.2) is 0 Å². The van der Waals surface area contributed by atoms with E-state index in [4.69, 9.17) is 0 Å². The van der Waals surface area contributed by atoms with E-state index < -0.39 is 0 Å². The molecule has 0 unspecified atom stereocenters. The van der Waals surface area contributed by atoms with E-state index in [1.807, 2.05) is 0 Å². The first-order valence-electron chi connectivity index (χ1n) is 0. The minimum absolute atomic E-state index is 0. The van der Waals surface area contributed by atoms with Crippen molar-refractivity contribution < 1.29 is 53.6 Å². The predicted octanol–water partition coefficient (Wildman–Crippen LogP) is -2.39. The first-order valence-corrected chi connectivity index (χ1v) is 0. The first kappa shape index (κ1) is 223. The molecular formula is H4MgO5Zr. The summed E-state index contributed by atoms with van der Waals surface area (Å²) in [6, 6.07) is 0. The van der Waals surface area contributed by atoms with Crippen molar-refractivity contribution in [1.82, 2.24) is 0 Å². The molecule has 0 radical (unpaired) electrons. The smallest absolute Gasteiger partial charge is 2.00 e. The van der Waals surface area contributed by atoms with Gasteiger partial charge in [0, 0.05) is 0 Å². The minimum atomic E-state index is 0. The molecule has 0 aliphatic carbocycles. The summed E-state index contributed by atoms with van der Waals surface area (Å²) in [5.74, 6) is 0. The summed E-state index contributed by atoms with van der Waals surface area (Å²) in [6.45, 7) is 0. The molecule has 0 aliphatic rings. The van der Waals surface area contributed by atoms with Gasteiger partial charge in [-0.05, 0) is 0 Å². The van der Waals surface area contributed by atoms with Crippen molar-refractivity contribution in [3.63, 3.8) is 0 Å². The van der Waals surface area contributed by atoms with Crippen molar-refractivity contribution in [1.29, 1.82) is 0 Å². The van der Waals surface area contributed by atoms with Gasteiger partial charge in [-0.2, -0.15) is 0 Å². The van der Waals surface area contributed by atoms with E-state index >= 15 is 0 Å². The van der Waals surface area contributed by atoms with Gasteiger partial charge in [0.15, 0.2) is 0 Å². The van der Waals surface area contributed by atoms with E-state index in [0.29, 0.717) is 0 Å². The Bertz CT molecular complexity index is 8.04. The molecule has 0 aromatic rings. The van der Waals surface area contributed by atoms with Crippen LogP contribution in [0, 0.1) is 0 Å². The molecule has 0 spiro atoms. The molecule has 0 atom stereocenters. The molecule has 0 fully saturated rings. The quantitative estimate of drug-likeness (QED) is 0.383. The summed E-state index contributed by atoms with van der Waals surface area (Å²) in [5.41, 5.74) is 0. The van der Waals surface area contributed by atoms with E-state index in [0.717, 1.165) is 0 Å². The van der Waals surface area contributed by atoms with Gasteiger partial charge in [0.1, 0.15) is 0 Å². The molecule has 7 heteroatoms. The van der Waals surface area contributed by atoms with E-state index in [1.165, 1.54) is 0 Å². The Balaban J connectivity index is 0. The average Bonchev–Trinajstić information content (AvgIpc) is 0. The summed E-state index contributed by atoms with van der Waals surface area (Å²) in [6.07, 6.45) is 0. The van der Waals surface area contributed by atoms with E-state index in [9.17, 15) is 0 Å². The van der Waals surface area contributed by atoms with Crippen molar-refractivity contribution in [2.24, 2.45) is 0 Å². The summed E-state index contributed by atoms with van der Waals surface area (Å²) >= 11 is 0. The zero-order valence-corrected chi connectivity index (χ0v) is 7.30. The Labute approximate surface area is 76.3 Å². The van der Waals surface area contributed by atoms with Crippen LogP contribution in [0.2, 0.25) is 0 Å². The van der Waals surface area contributed by atoms with Gasteiger partial charge in [-0.3, -0.25) is 0 Å². The molecule has 5 nitrogen and oxygen atoms in total. The summed E-state index contributed by atoms with van der Waals surface area (Å²) < 4.78 is 0. The minimum Gasteiger partial charge on any atom is -2.00 e. The zero-order chi connectivity index (χ0) is 0. The first-order chi connectivity index (χ1) is 0. The van der Waals surface area contributed by atoms with Crippen LogP contribution in [0.5, 0.6) is 0 Å². The third-order valence-corrected chi connectivity index (χ3v) is 0. The molecule has 4 N–H and O–H groups in total. The number of hydrogen-bond acceptors (Lipinski definition) is 0. The van der Waals surface area contributed by atoms with Gasteiger partial charge in [0.05, 0.1) is 0 Å². The molecule has 0 heterocycles. The SMILES string of the molecule is O.O.[Mg+2].[O-2].[O-2].[O-2].[Zr+4]. The molecule has 0 saturated heterocycles. The topological polar surface area (TPSA) is 148 Å². The van der Waals surface area contributed by atoms with Gasteiger partial charge in [-0.15, -0.1) is 0 Å². The number of rotatable bonds is 0. The zero-order valence-electron chi connectivity index (χ0n) is 3.43. The number of hydrogen-bond donors (Lipinski definition) is 0. The fourth-order valence-electron chi connectivity index (χ4n) is 0. The molecule has 0 aromatic carbocycles. The van der Waals surface area contributed by atoms with Gasteiger partial charge in [0.25, 0.3) is 0 Å². The van der Waals surface area contributed by atoms with Crippen molar-refractivity contribution in [3.05, 3.63) is 0 Å². The Morgan fingerprint density at radius 2 is 0.571 bits per heavy atom. The van der Waals surface area contributed by atoms with Crippen LogP contribution in [-0.4, -0.2) is 34.0 Å². The summed E-state index contributed by atoms with van der Waals surface area (Å²) in [5, 5.41) is 0. The summed E-state index contributed by atoms with van der Waals surface area (Å²) in [4.78, 5) is 0. The average molecular weight is 200 g/mol. The normalized spacial score (nSPS) is 0. The maximum Gasteiger partial charge on any atom is 4.00 e. The van der Waals surface area contributed by atoms with Crippen LogP contribution >= 0.6 is 0 Å². The molecule has 0 bridgehead atoms. The molecule has 0 saturated carbocycles. The van der Waals surface area contributed by atoms with Crippen molar-refractivity contribution in [3.8, 4) is 0 Å². The van der Waals surface area contributed by atoms with Gasteiger partial charge in [-0.1, -0.05) is 0 Å². The Morgan fingerprint density at radius 3 is 0.571 bits per heavy atom. The molecule has 7 heavy (non-hydrogen) atoms. The van der Waals surface area contributed by atoms with Crippen molar-refractivity contribution in [2.45, 2.75) is 0 Å². The second-order valence-electron chi connectivity index (χ2n) is 0. The standard InChI is InChI=1S/Mg.2H2O.3O.Zr/h;2*1H2;;;;/q+2;;;3*-2;+4. The fourth-order valence-corrected chi connectivity index (χ4v) is 0. The van der Waals surface area contributed by atoms with E-state index in [-0.39, 0.29) is 76.6 Å². The third-order valence-electron chi connectivity index (χ3n) is 0. The second-order valence-corrected chi connectivity index (χ2v) is 0. The van der Waals surface area contributed by atoms with Crippen LogP contribution in [-0.2, 0) is 42.6 Å². The second kappa shape index (κ2) is 148. The molecule has 0 aliphatic heterocycles. The van der Waals surface area contributed by atoms with Crippen LogP contribution < -0.4 is 0 Å². The maximum absolute atomic E-state index is 0. The van der Waals surface area contributed by atoms with Gasteiger partial charge in [-0.25, -0.2) is 0 Å². The fraction of sp³-hybridized carbons (Fsp3) is 0. The van der Waals surface area contributed by atoms with Crippen LogP contribution in [0.4, 0.5) is 0 Å². The van der Waals surface area contributed by atoms with Crippen molar-refractivity contribution >= 4 is 23.1 Å². The van der Waals surface area contributed by atoms with Crippen LogP contribution in [0.1, 0.15) is 0 Å². The van der Waals surface area contributed by atoms with E-state index in [2.05, 4.69) is 0 Å². The molecule has 0 amide bonds.